The molecule has 0 aliphatic carbocycles. The van der Waals surface area contributed by atoms with Crippen LogP contribution in [0.4, 0.5) is 11.4 Å². The first kappa shape index (κ1) is 22.0. The van der Waals surface area contributed by atoms with E-state index in [2.05, 4.69) is 10.3 Å². The van der Waals surface area contributed by atoms with Gasteiger partial charge in [0, 0.05) is 25.8 Å². The molecule has 7 heteroatoms. The lowest BCUT2D eigenvalue weighted by Gasteiger charge is -2.24. The molecule has 3 aromatic rings. The van der Waals surface area contributed by atoms with Crippen LogP contribution in [0.1, 0.15) is 26.4 Å². The second-order valence-electron chi connectivity index (χ2n) is 7.49. The van der Waals surface area contributed by atoms with E-state index in [0.29, 0.717) is 30.0 Å². The number of benzene rings is 2. The molecule has 0 fully saturated rings. The third-order valence-electron chi connectivity index (χ3n) is 4.77. The fraction of sp³-hybridized carbons (Fsp3) is 0.208. The van der Waals surface area contributed by atoms with E-state index in [4.69, 9.17) is 5.73 Å². The second kappa shape index (κ2) is 10.4. The van der Waals surface area contributed by atoms with Gasteiger partial charge in [0.2, 0.25) is 0 Å². The van der Waals surface area contributed by atoms with Crippen LogP contribution >= 0.6 is 0 Å². The molecular weight excluding hydrogens is 390 g/mol. The fourth-order valence-electron chi connectivity index (χ4n) is 3.01. The fourth-order valence-corrected chi connectivity index (χ4v) is 3.01. The van der Waals surface area contributed by atoms with Crippen LogP contribution in [0.25, 0.3) is 0 Å². The minimum atomic E-state index is -0.384. The van der Waals surface area contributed by atoms with Gasteiger partial charge in [-0.2, -0.15) is 0 Å². The van der Waals surface area contributed by atoms with Crippen LogP contribution < -0.4 is 11.1 Å². The Morgan fingerprint density at radius 2 is 1.65 bits per heavy atom. The van der Waals surface area contributed by atoms with E-state index >= 15 is 0 Å². The molecule has 7 nitrogen and oxygen atoms in total. The summed E-state index contributed by atoms with van der Waals surface area (Å²) in [5.74, 6) is -0.511. The molecule has 1 aromatic heterocycles. The predicted molar refractivity (Wildman–Crippen MR) is 123 cm³/mol. The van der Waals surface area contributed by atoms with Crippen molar-refractivity contribution in [2.24, 2.45) is 0 Å². The number of pyridine rings is 1. The maximum Gasteiger partial charge on any atom is 0.274 e. The Kier molecular flexibility index (Phi) is 7.35. The molecular formula is C24H27N5O2. The molecule has 160 valence electrons. The Balaban J connectivity index is 1.72. The summed E-state index contributed by atoms with van der Waals surface area (Å²) in [6, 6.07) is 20.0. The lowest BCUT2D eigenvalue weighted by molar-refractivity contribution is 0.0731. The molecule has 2 amide bonds. The number of carbonyl (C=O) groups is 2. The molecule has 0 aliphatic heterocycles. The number of likely N-dealkylation sites (N-methyl/N-ethyl adjacent to an activating group) is 1. The summed E-state index contributed by atoms with van der Waals surface area (Å²) in [7, 11) is 3.94. The molecule has 0 atom stereocenters. The summed E-state index contributed by atoms with van der Waals surface area (Å²) in [5.41, 5.74) is 8.56. The lowest BCUT2D eigenvalue weighted by atomic mass is 10.1. The molecule has 0 spiro atoms. The van der Waals surface area contributed by atoms with Crippen LogP contribution in [0.5, 0.6) is 0 Å². The van der Waals surface area contributed by atoms with Crippen LogP contribution in [0, 0.1) is 0 Å². The van der Waals surface area contributed by atoms with Gasteiger partial charge in [-0.15, -0.1) is 0 Å². The normalized spacial score (nSPS) is 10.7. The number of nitrogens with two attached hydrogens (primary N) is 1. The number of nitrogens with zero attached hydrogens (tertiary/aromatic N) is 3. The number of nitrogens with one attached hydrogen (secondary N) is 1. The van der Waals surface area contributed by atoms with Crippen LogP contribution in [-0.2, 0) is 6.54 Å². The zero-order valence-corrected chi connectivity index (χ0v) is 17.8. The highest BCUT2D eigenvalue weighted by Crippen LogP contribution is 2.18. The third-order valence-corrected chi connectivity index (χ3v) is 4.77. The van der Waals surface area contributed by atoms with Gasteiger partial charge in [0.05, 0.1) is 16.9 Å². The highest BCUT2D eigenvalue weighted by Gasteiger charge is 2.18. The predicted octanol–water partition coefficient (Wildman–Crippen LogP) is 3.12. The van der Waals surface area contributed by atoms with E-state index in [-0.39, 0.29) is 17.5 Å². The number of para-hydroxylation sites is 2. The standard InChI is InChI=1S/C24H27N5O2/c1-28(2)14-15-29(17-18-8-4-3-5-9-18)24(31)19-12-13-22(26-16-19)23(30)27-21-11-7-6-10-20(21)25/h3-13,16H,14-15,17,25H2,1-2H3,(H,27,30). The highest BCUT2D eigenvalue weighted by molar-refractivity contribution is 6.05. The number of anilines is 2. The molecule has 0 unspecified atom stereocenters. The average Bonchev–Trinajstić information content (AvgIpc) is 2.78. The molecule has 0 saturated carbocycles. The van der Waals surface area contributed by atoms with Crippen LogP contribution in [0.15, 0.2) is 72.9 Å². The monoisotopic (exact) mass is 417 g/mol. The Bertz CT molecular complexity index is 1020. The molecule has 3 N–H and O–H groups in total. The quantitative estimate of drug-likeness (QED) is 0.550. The van der Waals surface area contributed by atoms with Crippen molar-refractivity contribution in [1.29, 1.82) is 0 Å². The van der Waals surface area contributed by atoms with E-state index < -0.39 is 0 Å². The van der Waals surface area contributed by atoms with Gasteiger partial charge < -0.3 is 20.9 Å². The first-order valence-electron chi connectivity index (χ1n) is 10.0. The third kappa shape index (κ3) is 6.13. The minimum Gasteiger partial charge on any atom is -0.397 e. The number of aromatic nitrogens is 1. The van der Waals surface area contributed by atoms with Gasteiger partial charge in [-0.05, 0) is 43.9 Å². The Morgan fingerprint density at radius 1 is 0.935 bits per heavy atom. The van der Waals surface area contributed by atoms with Gasteiger partial charge in [-0.1, -0.05) is 42.5 Å². The Morgan fingerprint density at radius 3 is 2.29 bits per heavy atom. The molecule has 31 heavy (non-hydrogen) atoms. The number of amides is 2. The van der Waals surface area contributed by atoms with Crippen molar-refractivity contribution in [3.63, 3.8) is 0 Å². The van der Waals surface area contributed by atoms with Crippen LogP contribution in [-0.4, -0.2) is 53.8 Å². The van der Waals surface area contributed by atoms with Crippen molar-refractivity contribution >= 4 is 23.2 Å². The van der Waals surface area contributed by atoms with Crippen LogP contribution in [0.3, 0.4) is 0 Å². The van der Waals surface area contributed by atoms with Gasteiger partial charge in [-0.3, -0.25) is 14.6 Å². The highest BCUT2D eigenvalue weighted by atomic mass is 16.2. The number of hydrogen-bond acceptors (Lipinski definition) is 5. The molecule has 0 saturated heterocycles. The molecule has 0 aliphatic rings. The van der Waals surface area contributed by atoms with Gasteiger partial charge >= 0.3 is 0 Å². The van der Waals surface area contributed by atoms with Gasteiger partial charge in [-0.25, -0.2) is 0 Å². The Labute approximate surface area is 182 Å². The number of hydrogen-bond donors (Lipinski definition) is 2. The summed E-state index contributed by atoms with van der Waals surface area (Å²) in [5, 5.41) is 2.74. The molecule has 0 bridgehead atoms. The van der Waals surface area contributed by atoms with E-state index in [0.717, 1.165) is 12.1 Å². The summed E-state index contributed by atoms with van der Waals surface area (Å²) in [6.07, 6.45) is 1.44. The molecule has 3 rings (SSSR count). The molecule has 0 radical (unpaired) electrons. The topological polar surface area (TPSA) is 91.6 Å². The van der Waals surface area contributed by atoms with Crippen molar-refractivity contribution in [2.75, 3.05) is 38.2 Å². The molecule has 2 aromatic carbocycles. The van der Waals surface area contributed by atoms with Crippen molar-refractivity contribution in [3.05, 3.63) is 89.7 Å². The van der Waals surface area contributed by atoms with Crippen molar-refractivity contribution in [3.8, 4) is 0 Å². The van der Waals surface area contributed by atoms with Crippen molar-refractivity contribution < 1.29 is 9.59 Å². The maximum absolute atomic E-state index is 13.1. The zero-order valence-electron chi connectivity index (χ0n) is 17.8. The second-order valence-corrected chi connectivity index (χ2v) is 7.49. The number of rotatable bonds is 8. The van der Waals surface area contributed by atoms with E-state index in [1.807, 2.05) is 49.3 Å². The molecule has 1 heterocycles. The van der Waals surface area contributed by atoms with Crippen molar-refractivity contribution in [1.82, 2.24) is 14.8 Å². The number of nitrogen functional groups attached to an aromatic ring is 1. The zero-order chi connectivity index (χ0) is 22.2. The lowest BCUT2D eigenvalue weighted by Crippen LogP contribution is -2.36. The summed E-state index contributed by atoms with van der Waals surface area (Å²) in [4.78, 5) is 33.6. The Hall–Kier alpha value is -3.71. The van der Waals surface area contributed by atoms with Crippen molar-refractivity contribution in [2.45, 2.75) is 6.54 Å². The van der Waals surface area contributed by atoms with Gasteiger partial charge in [0.1, 0.15) is 5.69 Å². The SMILES string of the molecule is CN(C)CCN(Cc1ccccc1)C(=O)c1ccc(C(=O)Nc2ccccc2N)nc1. The first-order chi connectivity index (χ1) is 14.9. The maximum atomic E-state index is 13.1. The van der Waals surface area contributed by atoms with Gasteiger partial charge in [0.25, 0.3) is 11.8 Å². The summed E-state index contributed by atoms with van der Waals surface area (Å²) >= 11 is 0. The smallest absolute Gasteiger partial charge is 0.274 e. The van der Waals surface area contributed by atoms with Crippen LogP contribution in [0.2, 0.25) is 0 Å². The average molecular weight is 418 g/mol. The summed E-state index contributed by atoms with van der Waals surface area (Å²) in [6.45, 7) is 1.82. The first-order valence-corrected chi connectivity index (χ1v) is 10.0. The van der Waals surface area contributed by atoms with Gasteiger partial charge in [0.15, 0.2) is 0 Å². The largest absolute Gasteiger partial charge is 0.397 e. The number of carbonyl (C=O) groups excluding carboxylic acids is 2. The van der Waals surface area contributed by atoms with E-state index in [9.17, 15) is 9.59 Å². The van der Waals surface area contributed by atoms with E-state index in [1.165, 1.54) is 6.20 Å². The summed E-state index contributed by atoms with van der Waals surface area (Å²) < 4.78 is 0. The minimum absolute atomic E-state index is 0.127. The van der Waals surface area contributed by atoms with E-state index in [1.54, 1.807) is 41.3 Å².